The van der Waals surface area contributed by atoms with E-state index < -0.39 is 0 Å². The summed E-state index contributed by atoms with van der Waals surface area (Å²) in [5.41, 5.74) is 0. The third-order valence-corrected chi connectivity index (χ3v) is 3.89. The summed E-state index contributed by atoms with van der Waals surface area (Å²) < 4.78 is 0. The van der Waals surface area contributed by atoms with E-state index in [1.165, 1.54) is 25.7 Å². The number of rotatable bonds is 8. The number of allylic oxidation sites excluding steroid dienone is 2. The third kappa shape index (κ3) is 7.09. The van der Waals surface area contributed by atoms with E-state index in [1.54, 1.807) is 0 Å². The van der Waals surface area contributed by atoms with Gasteiger partial charge in [-0.3, -0.25) is 0 Å². The van der Waals surface area contributed by atoms with Gasteiger partial charge in [-0.15, -0.1) is 0 Å². The summed E-state index contributed by atoms with van der Waals surface area (Å²) >= 11 is 0. The minimum Gasteiger partial charge on any atom is -0.0885 e. The molecule has 0 radical (unpaired) electrons. The molecule has 0 N–H and O–H groups in total. The fraction of sp³-hybridized carbons (Fsp3) is 0.875. The molecule has 0 spiro atoms. The molecule has 0 bridgehead atoms. The van der Waals surface area contributed by atoms with Crippen molar-refractivity contribution in [2.24, 2.45) is 23.7 Å². The Kier molecular flexibility index (Phi) is 8.70. The van der Waals surface area contributed by atoms with E-state index in [-0.39, 0.29) is 0 Å². The van der Waals surface area contributed by atoms with E-state index in [2.05, 4.69) is 53.7 Å². The maximum absolute atomic E-state index is 2.42. The van der Waals surface area contributed by atoms with E-state index in [0.29, 0.717) is 0 Å². The number of hydrogen-bond donors (Lipinski definition) is 0. The molecular formula is C16H32. The van der Waals surface area contributed by atoms with Crippen molar-refractivity contribution < 1.29 is 0 Å². The average molecular weight is 224 g/mol. The SMILES string of the molecule is CCC=CC(C)CC(C)C(C)CC(C)CC. The van der Waals surface area contributed by atoms with Crippen molar-refractivity contribution in [3.63, 3.8) is 0 Å². The van der Waals surface area contributed by atoms with Gasteiger partial charge in [-0.25, -0.2) is 0 Å². The Bertz CT molecular complexity index is 180. The van der Waals surface area contributed by atoms with Crippen LogP contribution in [-0.2, 0) is 0 Å². The molecule has 0 aliphatic carbocycles. The highest BCUT2D eigenvalue weighted by Gasteiger charge is 2.16. The molecule has 0 fully saturated rings. The maximum Gasteiger partial charge on any atom is -0.0259 e. The molecule has 0 saturated carbocycles. The zero-order valence-electron chi connectivity index (χ0n) is 12.3. The van der Waals surface area contributed by atoms with Crippen LogP contribution < -0.4 is 0 Å². The van der Waals surface area contributed by atoms with Gasteiger partial charge in [0, 0.05) is 0 Å². The first-order valence-corrected chi connectivity index (χ1v) is 7.17. The Morgan fingerprint density at radius 2 is 1.44 bits per heavy atom. The van der Waals surface area contributed by atoms with E-state index >= 15 is 0 Å². The lowest BCUT2D eigenvalue weighted by molar-refractivity contribution is 0.280. The molecule has 0 amide bonds. The lowest BCUT2D eigenvalue weighted by Gasteiger charge is -2.24. The summed E-state index contributed by atoms with van der Waals surface area (Å²) in [6, 6.07) is 0. The molecule has 0 aromatic carbocycles. The second kappa shape index (κ2) is 8.84. The lowest BCUT2D eigenvalue weighted by Crippen LogP contribution is -2.14. The van der Waals surface area contributed by atoms with Crippen LogP contribution in [0.15, 0.2) is 12.2 Å². The normalized spacial score (nSPS) is 19.6. The van der Waals surface area contributed by atoms with Gasteiger partial charge in [-0.05, 0) is 42.9 Å². The second-order valence-corrected chi connectivity index (χ2v) is 5.75. The Morgan fingerprint density at radius 1 is 0.875 bits per heavy atom. The van der Waals surface area contributed by atoms with E-state index in [1.807, 2.05) is 0 Å². The molecule has 96 valence electrons. The fourth-order valence-corrected chi connectivity index (χ4v) is 2.30. The molecule has 0 saturated heterocycles. The average Bonchev–Trinajstić information content (AvgIpc) is 2.25. The molecule has 0 aromatic rings. The zero-order chi connectivity index (χ0) is 12.6. The van der Waals surface area contributed by atoms with Crippen molar-refractivity contribution in [1.82, 2.24) is 0 Å². The van der Waals surface area contributed by atoms with Gasteiger partial charge in [0.25, 0.3) is 0 Å². The van der Waals surface area contributed by atoms with Crippen LogP contribution in [0.4, 0.5) is 0 Å². The summed E-state index contributed by atoms with van der Waals surface area (Å²) in [7, 11) is 0. The minimum absolute atomic E-state index is 0.745. The van der Waals surface area contributed by atoms with Gasteiger partial charge in [-0.2, -0.15) is 0 Å². The Labute approximate surface area is 104 Å². The van der Waals surface area contributed by atoms with Crippen LogP contribution in [0.2, 0.25) is 0 Å². The van der Waals surface area contributed by atoms with Gasteiger partial charge < -0.3 is 0 Å². The van der Waals surface area contributed by atoms with E-state index in [0.717, 1.165) is 23.7 Å². The zero-order valence-corrected chi connectivity index (χ0v) is 12.3. The smallest absolute Gasteiger partial charge is 0.0259 e. The maximum atomic E-state index is 2.42. The number of hydrogen-bond acceptors (Lipinski definition) is 0. The van der Waals surface area contributed by atoms with Crippen LogP contribution in [0, 0.1) is 23.7 Å². The van der Waals surface area contributed by atoms with Crippen LogP contribution in [0.3, 0.4) is 0 Å². The monoisotopic (exact) mass is 224 g/mol. The highest BCUT2D eigenvalue weighted by atomic mass is 14.2. The fourth-order valence-electron chi connectivity index (χ4n) is 2.30. The van der Waals surface area contributed by atoms with Crippen molar-refractivity contribution in [1.29, 1.82) is 0 Å². The van der Waals surface area contributed by atoms with Crippen LogP contribution in [0.1, 0.15) is 67.2 Å². The molecule has 0 aliphatic rings. The summed E-state index contributed by atoms with van der Waals surface area (Å²) in [6.07, 6.45) is 9.91. The highest BCUT2D eigenvalue weighted by Crippen LogP contribution is 2.27. The predicted molar refractivity (Wildman–Crippen MR) is 75.6 cm³/mol. The summed E-state index contributed by atoms with van der Waals surface area (Å²) in [5.74, 6) is 3.35. The van der Waals surface area contributed by atoms with E-state index in [4.69, 9.17) is 0 Å². The second-order valence-electron chi connectivity index (χ2n) is 5.75. The first-order valence-electron chi connectivity index (χ1n) is 7.17. The van der Waals surface area contributed by atoms with Gasteiger partial charge >= 0.3 is 0 Å². The van der Waals surface area contributed by atoms with Crippen LogP contribution in [0.5, 0.6) is 0 Å². The van der Waals surface area contributed by atoms with Crippen LogP contribution in [-0.4, -0.2) is 0 Å². The van der Waals surface area contributed by atoms with Crippen LogP contribution >= 0.6 is 0 Å². The van der Waals surface area contributed by atoms with E-state index in [9.17, 15) is 0 Å². The Balaban J connectivity index is 3.94. The van der Waals surface area contributed by atoms with Gasteiger partial charge in [0.1, 0.15) is 0 Å². The van der Waals surface area contributed by atoms with Crippen LogP contribution in [0.25, 0.3) is 0 Å². The molecule has 4 atom stereocenters. The first-order chi connectivity index (χ1) is 7.51. The summed E-state index contributed by atoms with van der Waals surface area (Å²) in [6.45, 7) is 14.1. The third-order valence-electron chi connectivity index (χ3n) is 3.89. The molecule has 0 heteroatoms. The minimum atomic E-state index is 0.745. The molecular weight excluding hydrogens is 192 g/mol. The van der Waals surface area contributed by atoms with Gasteiger partial charge in [0.15, 0.2) is 0 Å². The van der Waals surface area contributed by atoms with Crippen molar-refractivity contribution in [2.75, 3.05) is 0 Å². The first kappa shape index (κ1) is 15.7. The standard InChI is InChI=1S/C16H32/c1-7-9-10-14(4)12-16(6)15(5)11-13(3)8-2/h9-10,13-16H,7-8,11-12H2,1-6H3. The van der Waals surface area contributed by atoms with Crippen molar-refractivity contribution >= 4 is 0 Å². The summed E-state index contributed by atoms with van der Waals surface area (Å²) in [5, 5.41) is 0. The van der Waals surface area contributed by atoms with Gasteiger partial charge in [0.05, 0.1) is 0 Å². The van der Waals surface area contributed by atoms with Crippen molar-refractivity contribution in [3.8, 4) is 0 Å². The molecule has 0 rings (SSSR count). The molecule has 16 heavy (non-hydrogen) atoms. The van der Waals surface area contributed by atoms with Crippen molar-refractivity contribution in [2.45, 2.75) is 67.2 Å². The van der Waals surface area contributed by atoms with Crippen molar-refractivity contribution in [3.05, 3.63) is 12.2 Å². The quantitative estimate of drug-likeness (QED) is 0.465. The molecule has 0 aromatic heterocycles. The molecule has 0 aliphatic heterocycles. The molecule has 0 heterocycles. The Morgan fingerprint density at radius 3 is 1.94 bits per heavy atom. The predicted octanol–water partition coefficient (Wildman–Crippen LogP) is 5.69. The topological polar surface area (TPSA) is 0 Å². The van der Waals surface area contributed by atoms with Gasteiger partial charge in [0.2, 0.25) is 0 Å². The van der Waals surface area contributed by atoms with Gasteiger partial charge in [-0.1, -0.05) is 60.1 Å². The lowest BCUT2D eigenvalue weighted by atomic mass is 9.82. The molecule has 4 unspecified atom stereocenters. The summed E-state index contributed by atoms with van der Waals surface area (Å²) in [4.78, 5) is 0. The largest absolute Gasteiger partial charge is 0.0885 e. The highest BCUT2D eigenvalue weighted by molar-refractivity contribution is 4.86. The molecule has 0 nitrogen and oxygen atoms in total. The Hall–Kier alpha value is -0.260.